The number of carbonyl (C=O) groups excluding carboxylic acids is 1. The summed E-state index contributed by atoms with van der Waals surface area (Å²) >= 11 is 0. The van der Waals surface area contributed by atoms with E-state index in [1.165, 1.54) is 18.2 Å². The molecule has 1 amide bonds. The van der Waals surface area contributed by atoms with Crippen LogP contribution in [0.2, 0.25) is 0 Å². The minimum atomic E-state index is -1.14. The minimum Gasteiger partial charge on any atom is -0.481 e. The number of aliphatic hydroxyl groups is 2. The van der Waals surface area contributed by atoms with E-state index in [-0.39, 0.29) is 36.0 Å². The largest absolute Gasteiger partial charge is 0.481 e. The van der Waals surface area contributed by atoms with Crippen molar-refractivity contribution in [3.8, 4) is 0 Å². The molecule has 0 spiro atoms. The molecule has 0 radical (unpaired) electrons. The Morgan fingerprint density at radius 2 is 1.93 bits per heavy atom. The van der Waals surface area contributed by atoms with E-state index in [9.17, 15) is 24.2 Å². The molecule has 6 nitrogen and oxygen atoms in total. The van der Waals surface area contributed by atoms with E-state index in [1.807, 2.05) is 13.8 Å². The predicted molar refractivity (Wildman–Crippen MR) is 102 cm³/mol. The zero-order chi connectivity index (χ0) is 20.8. The molecular weight excluding hydrogens is 365 g/mol. The molecule has 1 aromatic rings. The molecule has 2 rings (SSSR count). The molecular formula is C21H28FNO5. The van der Waals surface area contributed by atoms with Crippen molar-refractivity contribution in [1.29, 1.82) is 0 Å². The lowest BCUT2D eigenvalue weighted by Crippen LogP contribution is -2.35. The second-order valence-electron chi connectivity index (χ2n) is 7.69. The second-order valence-corrected chi connectivity index (χ2v) is 7.69. The van der Waals surface area contributed by atoms with Crippen LogP contribution < -0.4 is 0 Å². The molecule has 1 heterocycles. The number of rotatable bonds is 9. The lowest BCUT2D eigenvalue weighted by Gasteiger charge is -2.28. The third-order valence-electron chi connectivity index (χ3n) is 5.11. The predicted octanol–water partition coefficient (Wildman–Crippen LogP) is 2.34. The topological polar surface area (TPSA) is 98.1 Å². The molecule has 0 aliphatic carbocycles. The highest BCUT2D eigenvalue weighted by atomic mass is 19.1. The van der Waals surface area contributed by atoms with E-state index in [0.29, 0.717) is 13.0 Å². The van der Waals surface area contributed by atoms with Gasteiger partial charge in [0.25, 0.3) is 0 Å². The minimum absolute atomic E-state index is 0.00178. The van der Waals surface area contributed by atoms with E-state index in [2.05, 4.69) is 0 Å². The van der Waals surface area contributed by atoms with Gasteiger partial charge in [-0.2, -0.15) is 0 Å². The first-order valence-electron chi connectivity index (χ1n) is 9.47. The van der Waals surface area contributed by atoms with Gasteiger partial charge in [0, 0.05) is 19.4 Å². The van der Waals surface area contributed by atoms with Crippen molar-refractivity contribution >= 4 is 11.9 Å². The maximum absolute atomic E-state index is 13.1. The van der Waals surface area contributed by atoms with Crippen LogP contribution in [0.5, 0.6) is 0 Å². The Balaban J connectivity index is 2.11. The number of aliphatic carboxylic acids is 1. The molecule has 1 aliphatic rings. The van der Waals surface area contributed by atoms with E-state index < -0.39 is 24.6 Å². The average molecular weight is 393 g/mol. The second kappa shape index (κ2) is 9.80. The normalized spacial score (nSPS) is 22.2. The Kier molecular flexibility index (Phi) is 7.71. The Morgan fingerprint density at radius 3 is 2.50 bits per heavy atom. The van der Waals surface area contributed by atoms with Crippen molar-refractivity contribution in [3.05, 3.63) is 47.8 Å². The highest BCUT2D eigenvalue weighted by Crippen LogP contribution is 2.33. The Labute approximate surface area is 164 Å². The molecule has 1 fully saturated rings. The molecule has 28 heavy (non-hydrogen) atoms. The summed E-state index contributed by atoms with van der Waals surface area (Å²) in [6, 6.07) is 5.76. The van der Waals surface area contributed by atoms with E-state index in [1.54, 1.807) is 23.1 Å². The van der Waals surface area contributed by atoms with Crippen LogP contribution in [-0.4, -0.2) is 50.3 Å². The van der Waals surface area contributed by atoms with Gasteiger partial charge in [-0.25, -0.2) is 4.39 Å². The maximum atomic E-state index is 13.1. The van der Waals surface area contributed by atoms with Crippen molar-refractivity contribution in [2.75, 3.05) is 0 Å². The lowest BCUT2D eigenvalue weighted by molar-refractivity contribution is -0.139. The number of likely N-dealkylation sites (tertiary alicyclic amines) is 1. The molecule has 1 saturated heterocycles. The Hall–Kier alpha value is -2.25. The molecule has 1 aliphatic heterocycles. The van der Waals surface area contributed by atoms with E-state index >= 15 is 0 Å². The van der Waals surface area contributed by atoms with Gasteiger partial charge >= 0.3 is 5.97 Å². The quantitative estimate of drug-likeness (QED) is 0.560. The van der Waals surface area contributed by atoms with E-state index in [4.69, 9.17) is 5.11 Å². The van der Waals surface area contributed by atoms with Gasteiger partial charge in [0.15, 0.2) is 0 Å². The first-order chi connectivity index (χ1) is 13.2. The van der Waals surface area contributed by atoms with Gasteiger partial charge in [0.05, 0.1) is 24.7 Å². The third-order valence-corrected chi connectivity index (χ3v) is 5.11. The van der Waals surface area contributed by atoms with Crippen LogP contribution >= 0.6 is 0 Å². The Morgan fingerprint density at radius 1 is 1.29 bits per heavy atom. The maximum Gasteiger partial charge on any atom is 0.305 e. The third kappa shape index (κ3) is 6.14. The highest BCUT2D eigenvalue weighted by molar-refractivity contribution is 5.79. The number of carboxylic acid groups (broad SMARTS) is 1. The lowest BCUT2D eigenvalue weighted by atomic mass is 9.88. The fourth-order valence-electron chi connectivity index (χ4n) is 3.58. The fraction of sp³-hybridized carbons (Fsp3) is 0.524. The number of nitrogens with zero attached hydrogens (tertiary/aromatic N) is 1. The van der Waals surface area contributed by atoms with Crippen LogP contribution in [0, 0.1) is 17.7 Å². The molecule has 7 heteroatoms. The molecule has 2 unspecified atom stereocenters. The molecule has 1 aromatic carbocycles. The summed E-state index contributed by atoms with van der Waals surface area (Å²) in [5.41, 5.74) is 0.815. The van der Waals surface area contributed by atoms with Crippen LogP contribution in [0.4, 0.5) is 4.39 Å². The highest BCUT2D eigenvalue weighted by Gasteiger charge is 2.39. The zero-order valence-corrected chi connectivity index (χ0v) is 16.2. The number of hydrogen-bond donors (Lipinski definition) is 3. The number of carbonyl (C=O) groups is 2. The first-order valence-corrected chi connectivity index (χ1v) is 9.47. The number of amides is 1. The Bertz CT molecular complexity index is 703. The van der Waals surface area contributed by atoms with Gasteiger partial charge in [-0.1, -0.05) is 38.1 Å². The number of hydrogen-bond acceptors (Lipinski definition) is 4. The standard InChI is InChI=1S/C21H28FNO5/c1-13(2)18-11-20(26)23(12-14-3-5-15(22)6-4-14)19(18)8-7-16(24)9-17(25)10-21(27)28/h3-8,13,16-19,24-25H,9-12H2,1-2H3,(H,27,28)/t16-,17-,18?,19?/m1/s1. The molecule has 4 atom stereocenters. The average Bonchev–Trinajstić information content (AvgIpc) is 2.90. The van der Waals surface area contributed by atoms with Crippen LogP contribution in [0.1, 0.15) is 38.7 Å². The summed E-state index contributed by atoms with van der Waals surface area (Å²) in [5, 5.41) is 28.5. The van der Waals surface area contributed by atoms with Crippen molar-refractivity contribution < 1.29 is 29.3 Å². The van der Waals surface area contributed by atoms with Crippen LogP contribution in [0.3, 0.4) is 0 Å². The van der Waals surface area contributed by atoms with Gasteiger partial charge < -0.3 is 20.2 Å². The summed E-state index contributed by atoms with van der Waals surface area (Å²) in [6.07, 6.45) is 1.000. The molecule has 0 aromatic heterocycles. The fourth-order valence-corrected chi connectivity index (χ4v) is 3.58. The number of benzene rings is 1. The molecule has 0 bridgehead atoms. The molecule has 0 saturated carbocycles. The van der Waals surface area contributed by atoms with Gasteiger partial charge in [-0.15, -0.1) is 0 Å². The summed E-state index contributed by atoms with van der Waals surface area (Å²) < 4.78 is 13.1. The first kappa shape index (κ1) is 22.0. The van der Waals surface area contributed by atoms with Gasteiger partial charge in [-0.3, -0.25) is 9.59 Å². The number of aliphatic hydroxyl groups excluding tert-OH is 2. The van der Waals surface area contributed by atoms with Crippen molar-refractivity contribution in [2.24, 2.45) is 11.8 Å². The van der Waals surface area contributed by atoms with Crippen LogP contribution in [-0.2, 0) is 16.1 Å². The smallest absolute Gasteiger partial charge is 0.305 e. The van der Waals surface area contributed by atoms with Crippen LogP contribution in [0.15, 0.2) is 36.4 Å². The van der Waals surface area contributed by atoms with Crippen molar-refractivity contribution in [3.63, 3.8) is 0 Å². The summed E-state index contributed by atoms with van der Waals surface area (Å²) in [5.74, 6) is -1.16. The van der Waals surface area contributed by atoms with Crippen molar-refractivity contribution in [2.45, 2.75) is 57.9 Å². The SMILES string of the molecule is CC(C)C1CC(=O)N(Cc2ccc(F)cc2)C1C=C[C@@H](O)C[C@@H](O)CC(=O)O. The van der Waals surface area contributed by atoms with Gasteiger partial charge in [-0.05, 0) is 29.5 Å². The van der Waals surface area contributed by atoms with Gasteiger partial charge in [0.1, 0.15) is 5.82 Å². The summed E-state index contributed by atoms with van der Waals surface area (Å²) in [7, 11) is 0. The monoisotopic (exact) mass is 393 g/mol. The summed E-state index contributed by atoms with van der Waals surface area (Å²) in [6.45, 7) is 4.41. The number of halogens is 1. The van der Waals surface area contributed by atoms with E-state index in [0.717, 1.165) is 5.56 Å². The van der Waals surface area contributed by atoms with Crippen LogP contribution in [0.25, 0.3) is 0 Å². The molecule has 3 N–H and O–H groups in total. The number of carboxylic acids is 1. The van der Waals surface area contributed by atoms with Gasteiger partial charge in [0.2, 0.25) is 5.91 Å². The molecule has 154 valence electrons. The summed E-state index contributed by atoms with van der Waals surface area (Å²) in [4.78, 5) is 24.9. The van der Waals surface area contributed by atoms with Crippen molar-refractivity contribution in [1.82, 2.24) is 4.90 Å². The zero-order valence-electron chi connectivity index (χ0n) is 16.2.